The summed E-state index contributed by atoms with van der Waals surface area (Å²) in [6.45, 7) is 5.06. The van der Waals surface area contributed by atoms with Crippen molar-refractivity contribution in [2.75, 3.05) is 18.0 Å². The molecule has 2 N–H and O–H groups in total. The maximum atomic E-state index is 5.77. The first-order valence-corrected chi connectivity index (χ1v) is 7.17. The molecule has 2 aliphatic carbocycles. The van der Waals surface area contributed by atoms with Gasteiger partial charge in [0.2, 0.25) is 0 Å². The molecule has 18 heavy (non-hydrogen) atoms. The van der Waals surface area contributed by atoms with E-state index in [1.54, 1.807) is 0 Å². The number of rotatable bonds is 6. The maximum Gasteiger partial charge on any atom is 0.129 e. The Kier molecular flexibility index (Phi) is 3.25. The van der Waals surface area contributed by atoms with Crippen LogP contribution in [0.3, 0.4) is 0 Å². The fourth-order valence-electron chi connectivity index (χ4n) is 2.49. The second-order valence-corrected chi connectivity index (χ2v) is 5.97. The van der Waals surface area contributed by atoms with E-state index in [1.807, 2.05) is 0 Å². The molecule has 1 aromatic heterocycles. The van der Waals surface area contributed by atoms with E-state index < -0.39 is 0 Å². The molecule has 0 aliphatic heterocycles. The smallest absolute Gasteiger partial charge is 0.129 e. The molecule has 0 radical (unpaired) electrons. The van der Waals surface area contributed by atoms with Crippen LogP contribution in [0.25, 0.3) is 0 Å². The van der Waals surface area contributed by atoms with Gasteiger partial charge in [-0.2, -0.15) is 0 Å². The molecule has 2 fully saturated rings. The largest absolute Gasteiger partial charge is 0.356 e. The fourth-order valence-corrected chi connectivity index (χ4v) is 2.49. The zero-order valence-corrected chi connectivity index (χ0v) is 11.2. The monoisotopic (exact) mass is 245 g/mol. The van der Waals surface area contributed by atoms with E-state index in [-0.39, 0.29) is 0 Å². The Balaban J connectivity index is 1.79. The molecule has 1 aromatic rings. The van der Waals surface area contributed by atoms with Crippen molar-refractivity contribution in [1.29, 1.82) is 0 Å². The first-order valence-electron chi connectivity index (χ1n) is 7.17. The zero-order chi connectivity index (χ0) is 12.5. The molecule has 0 bridgehead atoms. The summed E-state index contributed by atoms with van der Waals surface area (Å²) < 4.78 is 0. The van der Waals surface area contributed by atoms with Gasteiger partial charge >= 0.3 is 0 Å². The van der Waals surface area contributed by atoms with Crippen molar-refractivity contribution < 1.29 is 0 Å². The average Bonchev–Trinajstić information content (AvgIpc) is 3.22. The Hall–Kier alpha value is -1.09. The van der Waals surface area contributed by atoms with Gasteiger partial charge < -0.3 is 10.6 Å². The van der Waals surface area contributed by atoms with Crippen LogP contribution in [0.4, 0.5) is 5.82 Å². The Morgan fingerprint density at radius 2 is 1.78 bits per heavy atom. The molecule has 3 heteroatoms. The molecule has 98 valence electrons. The SMILES string of the molecule is Cc1cc(CN)cc(N(CC2CC2)CC2CC2)n1. The molecule has 2 saturated carbocycles. The van der Waals surface area contributed by atoms with Crippen molar-refractivity contribution in [3.8, 4) is 0 Å². The van der Waals surface area contributed by atoms with Crippen LogP contribution in [0, 0.1) is 18.8 Å². The number of hydrogen-bond donors (Lipinski definition) is 1. The summed E-state index contributed by atoms with van der Waals surface area (Å²) in [6, 6.07) is 4.27. The van der Waals surface area contributed by atoms with Crippen molar-refractivity contribution in [3.63, 3.8) is 0 Å². The first kappa shape index (κ1) is 12.0. The normalized spacial score (nSPS) is 19.0. The van der Waals surface area contributed by atoms with Gasteiger partial charge in [-0.3, -0.25) is 0 Å². The van der Waals surface area contributed by atoms with Crippen molar-refractivity contribution in [1.82, 2.24) is 4.98 Å². The summed E-state index contributed by atoms with van der Waals surface area (Å²) in [7, 11) is 0. The lowest BCUT2D eigenvalue weighted by Crippen LogP contribution is -2.29. The fraction of sp³-hybridized carbons (Fsp3) is 0.667. The van der Waals surface area contributed by atoms with E-state index in [4.69, 9.17) is 10.7 Å². The predicted octanol–water partition coefficient (Wildman–Crippen LogP) is 2.48. The molecule has 0 aromatic carbocycles. The molecule has 3 rings (SSSR count). The van der Waals surface area contributed by atoms with Gasteiger partial charge in [-0.15, -0.1) is 0 Å². The first-order chi connectivity index (χ1) is 8.74. The van der Waals surface area contributed by atoms with E-state index >= 15 is 0 Å². The number of nitrogens with two attached hydrogens (primary N) is 1. The van der Waals surface area contributed by atoms with Crippen LogP contribution in [0.1, 0.15) is 36.9 Å². The van der Waals surface area contributed by atoms with Crippen molar-refractivity contribution in [2.24, 2.45) is 17.6 Å². The van der Waals surface area contributed by atoms with E-state index in [0.29, 0.717) is 6.54 Å². The highest BCUT2D eigenvalue weighted by molar-refractivity contribution is 5.43. The lowest BCUT2D eigenvalue weighted by molar-refractivity contribution is 0.670. The average molecular weight is 245 g/mol. The summed E-state index contributed by atoms with van der Waals surface area (Å²) in [6.07, 6.45) is 5.60. The van der Waals surface area contributed by atoms with E-state index in [1.165, 1.54) is 44.3 Å². The summed E-state index contributed by atoms with van der Waals surface area (Å²) in [4.78, 5) is 7.22. The molecular formula is C15H23N3. The van der Waals surface area contributed by atoms with Crippen molar-refractivity contribution >= 4 is 5.82 Å². The summed E-state index contributed by atoms with van der Waals surface area (Å²) in [5.41, 5.74) is 8.06. The Bertz CT molecular complexity index is 408. The summed E-state index contributed by atoms with van der Waals surface area (Å²) in [5, 5.41) is 0. The van der Waals surface area contributed by atoms with Gasteiger partial charge in [0.15, 0.2) is 0 Å². The lowest BCUT2D eigenvalue weighted by Gasteiger charge is -2.24. The predicted molar refractivity (Wildman–Crippen MR) is 74.5 cm³/mol. The van der Waals surface area contributed by atoms with Gasteiger partial charge in [-0.25, -0.2) is 4.98 Å². The maximum absolute atomic E-state index is 5.77. The molecule has 1 heterocycles. The molecule has 0 saturated heterocycles. The Labute approximate surface area is 109 Å². The summed E-state index contributed by atoms with van der Waals surface area (Å²) in [5.74, 6) is 2.97. The van der Waals surface area contributed by atoms with Gasteiger partial charge in [-0.1, -0.05) is 0 Å². The third-order valence-electron chi connectivity index (χ3n) is 3.91. The highest BCUT2D eigenvalue weighted by Gasteiger charge is 2.29. The third-order valence-corrected chi connectivity index (χ3v) is 3.91. The van der Waals surface area contributed by atoms with E-state index in [0.717, 1.165) is 23.3 Å². The third kappa shape index (κ3) is 3.02. The number of aryl methyl sites for hydroxylation is 1. The van der Waals surface area contributed by atoms with E-state index in [9.17, 15) is 0 Å². The van der Waals surface area contributed by atoms with Crippen LogP contribution >= 0.6 is 0 Å². The lowest BCUT2D eigenvalue weighted by atomic mass is 10.2. The number of pyridine rings is 1. The number of aromatic nitrogens is 1. The second kappa shape index (κ2) is 4.88. The molecule has 0 amide bonds. The van der Waals surface area contributed by atoms with Crippen LogP contribution in [-0.4, -0.2) is 18.1 Å². The molecular weight excluding hydrogens is 222 g/mol. The van der Waals surface area contributed by atoms with Crippen molar-refractivity contribution in [2.45, 2.75) is 39.2 Å². The molecule has 3 nitrogen and oxygen atoms in total. The van der Waals surface area contributed by atoms with Gasteiger partial charge in [0.1, 0.15) is 5.82 Å². The minimum atomic E-state index is 0.608. The van der Waals surface area contributed by atoms with Gasteiger partial charge in [0.05, 0.1) is 0 Å². The molecule has 0 spiro atoms. The second-order valence-electron chi connectivity index (χ2n) is 5.97. The van der Waals surface area contributed by atoms with Crippen LogP contribution in [-0.2, 0) is 6.54 Å². The Morgan fingerprint density at radius 1 is 1.17 bits per heavy atom. The minimum Gasteiger partial charge on any atom is -0.356 e. The minimum absolute atomic E-state index is 0.608. The number of anilines is 1. The van der Waals surface area contributed by atoms with Crippen LogP contribution < -0.4 is 10.6 Å². The summed E-state index contributed by atoms with van der Waals surface area (Å²) >= 11 is 0. The van der Waals surface area contributed by atoms with Crippen LogP contribution in [0.5, 0.6) is 0 Å². The van der Waals surface area contributed by atoms with Gasteiger partial charge in [-0.05, 0) is 62.1 Å². The van der Waals surface area contributed by atoms with E-state index in [2.05, 4.69) is 24.0 Å². The molecule has 2 aliphatic rings. The highest BCUT2D eigenvalue weighted by Crippen LogP contribution is 2.35. The standard InChI is InChI=1S/C15H23N3/c1-11-6-14(8-16)7-15(17-11)18(9-12-2-3-12)10-13-4-5-13/h6-7,12-13H,2-5,8-10,16H2,1H3. The van der Waals surface area contributed by atoms with Gasteiger partial charge in [0.25, 0.3) is 0 Å². The zero-order valence-electron chi connectivity index (χ0n) is 11.2. The highest BCUT2D eigenvalue weighted by atomic mass is 15.2. The van der Waals surface area contributed by atoms with Crippen LogP contribution in [0.2, 0.25) is 0 Å². The number of nitrogens with zero attached hydrogens (tertiary/aromatic N) is 2. The Morgan fingerprint density at radius 3 is 2.28 bits per heavy atom. The van der Waals surface area contributed by atoms with Gasteiger partial charge in [0, 0.05) is 25.3 Å². The molecule has 0 atom stereocenters. The topological polar surface area (TPSA) is 42.1 Å². The quantitative estimate of drug-likeness (QED) is 0.837. The van der Waals surface area contributed by atoms with Crippen molar-refractivity contribution in [3.05, 3.63) is 23.4 Å². The number of hydrogen-bond acceptors (Lipinski definition) is 3. The van der Waals surface area contributed by atoms with Crippen LogP contribution in [0.15, 0.2) is 12.1 Å². The molecule has 0 unspecified atom stereocenters.